The Hall–Kier alpha value is -6.11. The van der Waals surface area contributed by atoms with Crippen molar-refractivity contribution in [3.63, 3.8) is 0 Å². The predicted molar refractivity (Wildman–Crippen MR) is 177 cm³/mol. The van der Waals surface area contributed by atoms with Gasteiger partial charge in [0.1, 0.15) is 5.75 Å². The molecule has 252 valence electrons. The Morgan fingerprint density at radius 3 is 1.40 bits per heavy atom. The largest absolute Gasteiger partial charge is 0.497 e. The van der Waals surface area contributed by atoms with E-state index in [1.807, 2.05) is 12.1 Å². The molecule has 0 radical (unpaired) electrons. The van der Waals surface area contributed by atoms with Gasteiger partial charge in [0, 0.05) is 28.8 Å². The minimum Gasteiger partial charge on any atom is -0.497 e. The number of carbonyl (C=O) groups is 3. The van der Waals surface area contributed by atoms with Crippen molar-refractivity contribution in [3.8, 4) is 40.2 Å². The number of nitrogens with one attached hydrogen (secondary N) is 2. The number of amides is 3. The summed E-state index contributed by atoms with van der Waals surface area (Å²) in [5.41, 5.74) is 6.73. The molecule has 48 heavy (non-hydrogen) atoms. The molecule has 0 bridgehead atoms. The van der Waals surface area contributed by atoms with Crippen LogP contribution in [0, 0.1) is 0 Å². The van der Waals surface area contributed by atoms with Crippen LogP contribution in [0.25, 0.3) is 0 Å². The standard InChI is InChI=1S/C35H37N3O10/c1-42-26-14-8-21(9-15-26)20-38(25-18-29(45-4)32(48-7)30(19-25)46-5)35(41)23-12-10-22(11-13-23)33(39)36-37-34(40)24-16-27(43-2)31(47-6)28(17-24)44-3/h8-19H,20H2,1-7H3,(H,36,39)(H,37,40). The van der Waals surface area contributed by atoms with Gasteiger partial charge in [-0.1, -0.05) is 12.1 Å². The summed E-state index contributed by atoms with van der Waals surface area (Å²) in [7, 11) is 10.4. The lowest BCUT2D eigenvalue weighted by Gasteiger charge is -2.25. The molecule has 0 atom stereocenters. The molecule has 13 nitrogen and oxygen atoms in total. The van der Waals surface area contributed by atoms with Gasteiger partial charge in [0.15, 0.2) is 23.0 Å². The number of ether oxygens (including phenoxy) is 7. The lowest BCUT2D eigenvalue weighted by molar-refractivity contribution is 0.0846. The van der Waals surface area contributed by atoms with Crippen molar-refractivity contribution < 1.29 is 47.5 Å². The van der Waals surface area contributed by atoms with E-state index in [9.17, 15) is 14.4 Å². The Balaban J connectivity index is 1.56. The van der Waals surface area contributed by atoms with Crippen molar-refractivity contribution in [1.29, 1.82) is 0 Å². The van der Waals surface area contributed by atoms with Gasteiger partial charge in [-0.05, 0) is 54.1 Å². The van der Waals surface area contributed by atoms with Crippen molar-refractivity contribution >= 4 is 23.4 Å². The van der Waals surface area contributed by atoms with E-state index in [2.05, 4.69) is 10.9 Å². The summed E-state index contributed by atoms with van der Waals surface area (Å²) in [4.78, 5) is 41.3. The van der Waals surface area contributed by atoms with Gasteiger partial charge in [0.2, 0.25) is 11.5 Å². The Bertz CT molecular complexity index is 1710. The number of rotatable bonds is 13. The van der Waals surface area contributed by atoms with Crippen molar-refractivity contribution in [2.24, 2.45) is 0 Å². The number of methoxy groups -OCH3 is 7. The van der Waals surface area contributed by atoms with Gasteiger partial charge in [-0.15, -0.1) is 0 Å². The molecule has 4 aromatic rings. The zero-order chi connectivity index (χ0) is 34.8. The highest BCUT2D eigenvalue weighted by Gasteiger charge is 2.24. The van der Waals surface area contributed by atoms with Crippen LogP contribution >= 0.6 is 0 Å². The highest BCUT2D eigenvalue weighted by atomic mass is 16.5. The second-order valence-corrected chi connectivity index (χ2v) is 10.0. The second kappa shape index (κ2) is 15.9. The third-order valence-corrected chi connectivity index (χ3v) is 7.32. The van der Waals surface area contributed by atoms with E-state index in [-0.39, 0.29) is 35.1 Å². The Morgan fingerprint density at radius 1 is 0.521 bits per heavy atom. The summed E-state index contributed by atoms with van der Waals surface area (Å²) in [6, 6.07) is 19.6. The van der Waals surface area contributed by atoms with Crippen LogP contribution in [-0.4, -0.2) is 67.5 Å². The van der Waals surface area contributed by atoms with Crippen molar-refractivity contribution in [3.05, 3.63) is 95.1 Å². The molecule has 2 N–H and O–H groups in total. The number of hydrazine groups is 1. The lowest BCUT2D eigenvalue weighted by atomic mass is 10.1. The van der Waals surface area contributed by atoms with Crippen LogP contribution in [0.1, 0.15) is 36.6 Å². The van der Waals surface area contributed by atoms with E-state index >= 15 is 0 Å². The number of hydrogen-bond acceptors (Lipinski definition) is 10. The number of hydrogen-bond donors (Lipinski definition) is 2. The average molecular weight is 660 g/mol. The molecule has 0 saturated carbocycles. The van der Waals surface area contributed by atoms with E-state index in [4.69, 9.17) is 33.2 Å². The van der Waals surface area contributed by atoms with Crippen LogP contribution < -0.4 is 48.9 Å². The molecular weight excluding hydrogens is 622 g/mol. The zero-order valence-corrected chi connectivity index (χ0v) is 27.7. The molecule has 0 spiro atoms. The Morgan fingerprint density at radius 2 is 0.958 bits per heavy atom. The fraction of sp³-hybridized carbons (Fsp3) is 0.229. The normalized spacial score (nSPS) is 10.3. The van der Waals surface area contributed by atoms with Gasteiger partial charge in [-0.2, -0.15) is 0 Å². The van der Waals surface area contributed by atoms with Crippen LogP contribution in [0.2, 0.25) is 0 Å². The lowest BCUT2D eigenvalue weighted by Crippen LogP contribution is -2.41. The van der Waals surface area contributed by atoms with Gasteiger partial charge in [0.25, 0.3) is 17.7 Å². The van der Waals surface area contributed by atoms with Gasteiger partial charge >= 0.3 is 0 Å². The van der Waals surface area contributed by atoms with Gasteiger partial charge in [0.05, 0.1) is 62.0 Å². The first kappa shape index (κ1) is 34.8. The zero-order valence-electron chi connectivity index (χ0n) is 27.7. The quantitative estimate of drug-likeness (QED) is 0.195. The first-order valence-corrected chi connectivity index (χ1v) is 14.5. The monoisotopic (exact) mass is 659 g/mol. The third-order valence-electron chi connectivity index (χ3n) is 7.32. The van der Waals surface area contributed by atoms with Crippen LogP contribution in [0.3, 0.4) is 0 Å². The van der Waals surface area contributed by atoms with Gasteiger partial charge in [-0.25, -0.2) is 0 Å². The Kier molecular flexibility index (Phi) is 11.5. The SMILES string of the molecule is COc1ccc(CN(C(=O)c2ccc(C(=O)NNC(=O)c3cc(OC)c(OC)c(OC)c3)cc2)c2cc(OC)c(OC)c(OC)c2)cc1. The maximum atomic E-state index is 14.0. The van der Waals surface area contributed by atoms with Crippen molar-refractivity contribution in [1.82, 2.24) is 10.9 Å². The first-order valence-electron chi connectivity index (χ1n) is 14.5. The maximum Gasteiger partial charge on any atom is 0.269 e. The summed E-state index contributed by atoms with van der Waals surface area (Å²) in [5, 5.41) is 0. The molecule has 0 aliphatic carbocycles. The third kappa shape index (κ3) is 7.64. The molecule has 0 aromatic heterocycles. The van der Waals surface area contributed by atoms with E-state index in [1.54, 1.807) is 36.3 Å². The highest BCUT2D eigenvalue weighted by Crippen LogP contribution is 2.42. The van der Waals surface area contributed by atoms with E-state index in [0.29, 0.717) is 40.0 Å². The molecule has 4 aromatic carbocycles. The summed E-state index contributed by atoms with van der Waals surface area (Å²) < 4.78 is 37.7. The molecule has 0 heterocycles. The van der Waals surface area contributed by atoms with Crippen LogP contribution in [0.5, 0.6) is 40.2 Å². The minimum atomic E-state index is -0.617. The fourth-order valence-corrected chi connectivity index (χ4v) is 4.81. The maximum absolute atomic E-state index is 14.0. The predicted octanol–water partition coefficient (Wildman–Crippen LogP) is 4.67. The molecular formula is C35H37N3O10. The number of anilines is 1. The molecule has 0 fully saturated rings. The number of carbonyl (C=O) groups excluding carboxylic acids is 3. The van der Waals surface area contributed by atoms with E-state index < -0.39 is 11.8 Å². The van der Waals surface area contributed by atoms with E-state index in [1.165, 1.54) is 79.1 Å². The average Bonchev–Trinajstić information content (AvgIpc) is 3.14. The van der Waals surface area contributed by atoms with Gasteiger partial charge in [-0.3, -0.25) is 25.2 Å². The molecule has 0 unspecified atom stereocenters. The first-order chi connectivity index (χ1) is 23.2. The minimum absolute atomic E-state index is 0.162. The molecule has 0 aliphatic rings. The second-order valence-electron chi connectivity index (χ2n) is 10.0. The topological polar surface area (TPSA) is 143 Å². The summed E-state index contributed by atoms with van der Waals surface area (Å²) in [6.07, 6.45) is 0. The highest BCUT2D eigenvalue weighted by molar-refractivity contribution is 6.07. The molecule has 0 aliphatic heterocycles. The summed E-state index contributed by atoms with van der Waals surface area (Å²) in [5.74, 6) is 1.11. The van der Waals surface area contributed by atoms with E-state index in [0.717, 1.165) is 5.56 Å². The Labute approximate surface area is 278 Å². The fourth-order valence-electron chi connectivity index (χ4n) is 4.81. The summed E-state index contributed by atoms with van der Waals surface area (Å²) >= 11 is 0. The number of benzene rings is 4. The van der Waals surface area contributed by atoms with Crippen LogP contribution in [0.15, 0.2) is 72.8 Å². The van der Waals surface area contributed by atoms with Crippen molar-refractivity contribution in [2.75, 3.05) is 54.7 Å². The van der Waals surface area contributed by atoms with Crippen LogP contribution in [0.4, 0.5) is 5.69 Å². The van der Waals surface area contributed by atoms with Crippen LogP contribution in [-0.2, 0) is 6.54 Å². The molecule has 0 saturated heterocycles. The van der Waals surface area contributed by atoms with Crippen molar-refractivity contribution in [2.45, 2.75) is 6.54 Å². The summed E-state index contributed by atoms with van der Waals surface area (Å²) in [6.45, 7) is 0.191. The van der Waals surface area contributed by atoms with Gasteiger partial charge < -0.3 is 38.1 Å². The molecule has 3 amide bonds. The number of nitrogens with zero attached hydrogens (tertiary/aromatic N) is 1. The molecule has 13 heteroatoms. The smallest absolute Gasteiger partial charge is 0.269 e. The molecule has 4 rings (SSSR count).